The Morgan fingerprint density at radius 1 is 1.14 bits per heavy atom. The Morgan fingerprint density at radius 2 is 1.86 bits per heavy atom. The summed E-state index contributed by atoms with van der Waals surface area (Å²) in [4.78, 5) is 12.7. The summed E-state index contributed by atoms with van der Waals surface area (Å²) in [6.45, 7) is 3.86. The summed E-state index contributed by atoms with van der Waals surface area (Å²) in [6.07, 6.45) is 0. The molecular formula is C16H15BrN2OS. The van der Waals surface area contributed by atoms with Crippen molar-refractivity contribution < 1.29 is 4.79 Å². The zero-order chi connectivity index (χ0) is 15.6. The van der Waals surface area contributed by atoms with Crippen molar-refractivity contribution >= 4 is 44.7 Å². The lowest BCUT2D eigenvalue weighted by Crippen LogP contribution is -2.18. The number of carbonyl (C=O) groups excluding carboxylic acids is 1. The molecule has 0 bridgehead atoms. The predicted molar refractivity (Wildman–Crippen MR) is 93.9 cm³/mol. The lowest BCUT2D eigenvalue weighted by molar-refractivity contribution is 0.102. The van der Waals surface area contributed by atoms with E-state index in [1.807, 2.05) is 38.1 Å². The first-order chi connectivity index (χ1) is 9.88. The van der Waals surface area contributed by atoms with Crippen molar-refractivity contribution in [1.29, 1.82) is 0 Å². The van der Waals surface area contributed by atoms with E-state index in [1.165, 1.54) is 0 Å². The van der Waals surface area contributed by atoms with E-state index in [4.69, 9.17) is 18.0 Å². The molecule has 0 saturated carbocycles. The van der Waals surface area contributed by atoms with Gasteiger partial charge in [-0.05, 0) is 43.7 Å². The molecule has 0 radical (unpaired) electrons. The van der Waals surface area contributed by atoms with Gasteiger partial charge in [0.2, 0.25) is 0 Å². The number of rotatable bonds is 3. The maximum atomic E-state index is 12.5. The van der Waals surface area contributed by atoms with Crippen LogP contribution in [0, 0.1) is 13.8 Å². The van der Waals surface area contributed by atoms with Gasteiger partial charge in [-0.15, -0.1) is 0 Å². The lowest BCUT2D eigenvalue weighted by atomic mass is 10.0. The van der Waals surface area contributed by atoms with E-state index >= 15 is 0 Å². The molecule has 2 rings (SSSR count). The molecule has 0 aliphatic carbocycles. The summed E-state index contributed by atoms with van der Waals surface area (Å²) in [6, 6.07) is 11.2. The summed E-state index contributed by atoms with van der Waals surface area (Å²) in [5.74, 6) is -0.174. The summed E-state index contributed by atoms with van der Waals surface area (Å²) in [5.41, 5.74) is 9.54. The molecule has 3 N–H and O–H groups in total. The number of carbonyl (C=O) groups is 1. The predicted octanol–water partition coefficient (Wildman–Crippen LogP) is 3.95. The quantitative estimate of drug-likeness (QED) is 0.812. The van der Waals surface area contributed by atoms with E-state index in [-0.39, 0.29) is 10.9 Å². The van der Waals surface area contributed by atoms with Crippen molar-refractivity contribution in [3.05, 3.63) is 63.1 Å². The number of nitrogens with two attached hydrogens (primary N) is 1. The largest absolute Gasteiger partial charge is 0.389 e. The molecule has 5 heteroatoms. The van der Waals surface area contributed by atoms with Crippen LogP contribution in [0.4, 0.5) is 5.69 Å². The van der Waals surface area contributed by atoms with Gasteiger partial charge in [0, 0.05) is 15.6 Å². The third-order valence-corrected chi connectivity index (χ3v) is 3.85. The standard InChI is InChI=1S/C16H15BrN2OS/c1-9-3-4-10(2)13(7-9)16(20)19-14-8-11(17)5-6-12(14)15(18)21/h3-8H,1-2H3,(H2,18,21)(H,19,20). The second kappa shape index (κ2) is 6.37. The molecule has 0 aromatic heterocycles. The number of nitrogens with one attached hydrogen (secondary N) is 1. The van der Waals surface area contributed by atoms with Crippen molar-refractivity contribution in [2.24, 2.45) is 5.73 Å². The van der Waals surface area contributed by atoms with Crippen molar-refractivity contribution in [2.75, 3.05) is 5.32 Å². The van der Waals surface area contributed by atoms with Crippen LogP contribution in [0.1, 0.15) is 27.0 Å². The number of hydrogen-bond acceptors (Lipinski definition) is 2. The highest BCUT2D eigenvalue weighted by molar-refractivity contribution is 9.10. The minimum atomic E-state index is -0.174. The summed E-state index contributed by atoms with van der Waals surface area (Å²) >= 11 is 8.40. The zero-order valence-corrected chi connectivity index (χ0v) is 14.1. The Labute approximate surface area is 137 Å². The first-order valence-electron chi connectivity index (χ1n) is 6.36. The van der Waals surface area contributed by atoms with Crippen LogP contribution in [0.3, 0.4) is 0 Å². The van der Waals surface area contributed by atoms with Crippen LogP contribution in [0.5, 0.6) is 0 Å². The highest BCUT2D eigenvalue weighted by atomic mass is 79.9. The summed E-state index contributed by atoms with van der Waals surface area (Å²) in [7, 11) is 0. The Morgan fingerprint density at radius 3 is 2.52 bits per heavy atom. The van der Waals surface area contributed by atoms with E-state index in [0.29, 0.717) is 16.8 Å². The van der Waals surface area contributed by atoms with Gasteiger partial charge in [0.05, 0.1) is 5.69 Å². The van der Waals surface area contributed by atoms with Crippen molar-refractivity contribution in [1.82, 2.24) is 0 Å². The first-order valence-corrected chi connectivity index (χ1v) is 7.56. The maximum Gasteiger partial charge on any atom is 0.255 e. The van der Waals surface area contributed by atoms with E-state index in [1.54, 1.807) is 12.1 Å². The van der Waals surface area contributed by atoms with Gasteiger partial charge in [-0.25, -0.2) is 0 Å². The Balaban J connectivity index is 2.38. The first kappa shape index (κ1) is 15.7. The molecule has 0 atom stereocenters. The third-order valence-electron chi connectivity index (χ3n) is 3.13. The zero-order valence-electron chi connectivity index (χ0n) is 11.7. The Kier molecular flexibility index (Phi) is 4.75. The minimum absolute atomic E-state index is 0.174. The van der Waals surface area contributed by atoms with Gasteiger partial charge in [-0.1, -0.05) is 45.8 Å². The molecule has 3 nitrogen and oxygen atoms in total. The van der Waals surface area contributed by atoms with Crippen LogP contribution < -0.4 is 11.1 Å². The van der Waals surface area contributed by atoms with Crippen LogP contribution in [0.25, 0.3) is 0 Å². The minimum Gasteiger partial charge on any atom is -0.389 e. The van der Waals surface area contributed by atoms with Crippen molar-refractivity contribution in [3.8, 4) is 0 Å². The molecule has 0 aliphatic heterocycles. The Bertz CT molecular complexity index is 728. The van der Waals surface area contributed by atoms with E-state index < -0.39 is 0 Å². The number of anilines is 1. The van der Waals surface area contributed by atoms with Gasteiger partial charge in [0.15, 0.2) is 0 Å². The fourth-order valence-corrected chi connectivity index (χ4v) is 2.54. The van der Waals surface area contributed by atoms with Gasteiger partial charge >= 0.3 is 0 Å². The lowest BCUT2D eigenvalue weighted by Gasteiger charge is -2.12. The van der Waals surface area contributed by atoms with Crippen LogP contribution >= 0.6 is 28.1 Å². The van der Waals surface area contributed by atoms with Gasteiger partial charge in [-0.2, -0.15) is 0 Å². The number of halogens is 1. The molecule has 1 amide bonds. The monoisotopic (exact) mass is 362 g/mol. The molecule has 2 aromatic rings. The molecule has 21 heavy (non-hydrogen) atoms. The van der Waals surface area contributed by atoms with Crippen molar-refractivity contribution in [3.63, 3.8) is 0 Å². The molecule has 0 fully saturated rings. The van der Waals surface area contributed by atoms with Gasteiger partial charge in [0.1, 0.15) is 4.99 Å². The highest BCUT2D eigenvalue weighted by Crippen LogP contribution is 2.23. The number of benzene rings is 2. The second-order valence-electron chi connectivity index (χ2n) is 4.83. The highest BCUT2D eigenvalue weighted by Gasteiger charge is 2.13. The fourth-order valence-electron chi connectivity index (χ4n) is 2.00. The van der Waals surface area contributed by atoms with Crippen LogP contribution in [0.15, 0.2) is 40.9 Å². The van der Waals surface area contributed by atoms with Crippen LogP contribution in [-0.4, -0.2) is 10.9 Å². The molecule has 0 aliphatic rings. The number of thiocarbonyl (C=S) groups is 1. The van der Waals surface area contributed by atoms with Crippen LogP contribution in [0.2, 0.25) is 0 Å². The molecule has 2 aromatic carbocycles. The van der Waals surface area contributed by atoms with Gasteiger partial charge in [0.25, 0.3) is 5.91 Å². The topological polar surface area (TPSA) is 55.1 Å². The third kappa shape index (κ3) is 3.68. The average molecular weight is 363 g/mol. The van der Waals surface area contributed by atoms with Gasteiger partial charge < -0.3 is 11.1 Å². The molecule has 0 spiro atoms. The molecule has 108 valence electrons. The fraction of sp³-hybridized carbons (Fsp3) is 0.125. The molecule has 0 saturated heterocycles. The number of amides is 1. The number of aryl methyl sites for hydroxylation is 2. The molecular weight excluding hydrogens is 348 g/mol. The summed E-state index contributed by atoms with van der Waals surface area (Å²) in [5, 5.41) is 2.88. The van der Waals surface area contributed by atoms with E-state index in [0.717, 1.165) is 15.6 Å². The maximum absolute atomic E-state index is 12.5. The summed E-state index contributed by atoms with van der Waals surface area (Å²) < 4.78 is 0.846. The van der Waals surface area contributed by atoms with Gasteiger partial charge in [-0.3, -0.25) is 4.79 Å². The normalized spacial score (nSPS) is 10.2. The van der Waals surface area contributed by atoms with Crippen LogP contribution in [-0.2, 0) is 0 Å². The van der Waals surface area contributed by atoms with E-state index in [9.17, 15) is 4.79 Å². The SMILES string of the molecule is Cc1ccc(C)c(C(=O)Nc2cc(Br)ccc2C(N)=S)c1. The molecule has 0 unspecified atom stereocenters. The number of hydrogen-bond donors (Lipinski definition) is 2. The smallest absolute Gasteiger partial charge is 0.255 e. The van der Waals surface area contributed by atoms with E-state index in [2.05, 4.69) is 21.2 Å². The average Bonchev–Trinajstić information content (AvgIpc) is 2.41. The Hall–Kier alpha value is -1.72. The van der Waals surface area contributed by atoms with Crippen molar-refractivity contribution in [2.45, 2.75) is 13.8 Å². The molecule has 0 heterocycles. The second-order valence-corrected chi connectivity index (χ2v) is 6.18.